The molecule has 0 aromatic heterocycles. The molecule has 1 amide bonds. The Hall–Kier alpha value is -2.70. The molecule has 0 spiro atoms. The van der Waals surface area contributed by atoms with E-state index >= 15 is 0 Å². The molecule has 0 saturated carbocycles. The monoisotopic (exact) mass is 407 g/mol. The number of halogens is 2. The van der Waals surface area contributed by atoms with Crippen molar-refractivity contribution in [3.63, 3.8) is 0 Å². The van der Waals surface area contributed by atoms with Crippen LogP contribution < -0.4 is 14.8 Å². The summed E-state index contributed by atoms with van der Waals surface area (Å²) in [6.45, 7) is 0.540. The minimum Gasteiger partial charge on any atom is -0.486 e. The molecule has 1 N–H and O–H groups in total. The molecule has 1 aliphatic rings. The molecular formula is C19H15Cl2NO5. The van der Waals surface area contributed by atoms with Crippen LogP contribution in [0.5, 0.6) is 11.5 Å². The standard InChI is InChI=1S/C19H15Cl2NO5/c20-13-2-1-3-14(19(13)21)22-17(23)11-27-18(24)7-5-12-4-6-15-16(10-12)26-9-8-25-15/h1-7,10H,8-9,11H2,(H,22,23). The van der Waals surface area contributed by atoms with Gasteiger partial charge in [0, 0.05) is 6.08 Å². The summed E-state index contributed by atoms with van der Waals surface area (Å²) in [4.78, 5) is 23.7. The summed E-state index contributed by atoms with van der Waals surface area (Å²) in [5.74, 6) is 0.101. The predicted octanol–water partition coefficient (Wildman–Crippen LogP) is 3.96. The Kier molecular flexibility index (Phi) is 6.21. The fourth-order valence-corrected chi connectivity index (χ4v) is 2.65. The molecule has 1 heterocycles. The Morgan fingerprint density at radius 1 is 1.11 bits per heavy atom. The van der Waals surface area contributed by atoms with Gasteiger partial charge in [0.1, 0.15) is 13.2 Å². The van der Waals surface area contributed by atoms with Crippen molar-refractivity contribution >= 4 is 46.8 Å². The number of amides is 1. The van der Waals surface area contributed by atoms with Crippen LogP contribution in [-0.2, 0) is 14.3 Å². The van der Waals surface area contributed by atoms with E-state index in [1.54, 1.807) is 42.5 Å². The van der Waals surface area contributed by atoms with E-state index in [9.17, 15) is 9.59 Å². The fraction of sp³-hybridized carbons (Fsp3) is 0.158. The number of benzene rings is 2. The first-order valence-corrected chi connectivity index (χ1v) is 8.77. The lowest BCUT2D eigenvalue weighted by Gasteiger charge is -2.18. The summed E-state index contributed by atoms with van der Waals surface area (Å²) in [6, 6.07) is 10.1. The van der Waals surface area contributed by atoms with Gasteiger partial charge < -0.3 is 19.5 Å². The van der Waals surface area contributed by atoms with Crippen LogP contribution in [0.4, 0.5) is 5.69 Å². The van der Waals surface area contributed by atoms with Gasteiger partial charge in [0.2, 0.25) is 0 Å². The summed E-state index contributed by atoms with van der Waals surface area (Å²) in [7, 11) is 0. The van der Waals surface area contributed by atoms with Gasteiger partial charge in [-0.05, 0) is 35.9 Å². The van der Waals surface area contributed by atoms with Gasteiger partial charge >= 0.3 is 5.97 Å². The molecule has 140 valence electrons. The number of hydrogen-bond donors (Lipinski definition) is 1. The first-order valence-electron chi connectivity index (χ1n) is 8.01. The fourth-order valence-electron chi connectivity index (χ4n) is 2.30. The van der Waals surface area contributed by atoms with Gasteiger partial charge in [0.05, 0.1) is 15.7 Å². The lowest BCUT2D eigenvalue weighted by Crippen LogP contribution is -2.20. The maximum atomic E-state index is 11.9. The lowest BCUT2D eigenvalue weighted by molar-refractivity contribution is -0.142. The zero-order chi connectivity index (χ0) is 19.2. The third-order valence-corrected chi connectivity index (χ3v) is 4.37. The number of fused-ring (bicyclic) bond motifs is 1. The Labute approximate surface area is 165 Å². The van der Waals surface area contributed by atoms with Gasteiger partial charge in [0.25, 0.3) is 5.91 Å². The number of ether oxygens (including phenoxy) is 3. The van der Waals surface area contributed by atoms with E-state index in [2.05, 4.69) is 5.32 Å². The van der Waals surface area contributed by atoms with Crippen molar-refractivity contribution < 1.29 is 23.8 Å². The van der Waals surface area contributed by atoms with E-state index in [0.29, 0.717) is 35.4 Å². The molecular weight excluding hydrogens is 393 g/mol. The second kappa shape index (κ2) is 8.79. The van der Waals surface area contributed by atoms with Gasteiger partial charge in [-0.25, -0.2) is 4.79 Å². The van der Waals surface area contributed by atoms with E-state index in [4.69, 9.17) is 37.4 Å². The Morgan fingerprint density at radius 2 is 1.89 bits per heavy atom. The molecule has 2 aromatic carbocycles. The highest BCUT2D eigenvalue weighted by Gasteiger charge is 2.12. The molecule has 0 atom stereocenters. The number of nitrogens with one attached hydrogen (secondary N) is 1. The molecule has 0 saturated heterocycles. The van der Waals surface area contributed by atoms with Crippen molar-refractivity contribution in [1.29, 1.82) is 0 Å². The van der Waals surface area contributed by atoms with Crippen LogP contribution in [0.25, 0.3) is 6.08 Å². The van der Waals surface area contributed by atoms with Crippen molar-refractivity contribution in [3.05, 3.63) is 58.1 Å². The zero-order valence-electron chi connectivity index (χ0n) is 14.0. The Balaban J connectivity index is 1.51. The van der Waals surface area contributed by atoms with Gasteiger partial charge in [-0.1, -0.05) is 35.3 Å². The summed E-state index contributed by atoms with van der Waals surface area (Å²) in [5, 5.41) is 3.06. The molecule has 3 rings (SSSR count). The molecule has 0 unspecified atom stereocenters. The highest BCUT2D eigenvalue weighted by Crippen LogP contribution is 2.31. The van der Waals surface area contributed by atoms with Crippen LogP contribution in [0.1, 0.15) is 5.56 Å². The highest BCUT2D eigenvalue weighted by molar-refractivity contribution is 6.44. The van der Waals surface area contributed by atoms with E-state index < -0.39 is 18.5 Å². The van der Waals surface area contributed by atoms with Crippen molar-refractivity contribution in [2.45, 2.75) is 0 Å². The van der Waals surface area contributed by atoms with Crippen molar-refractivity contribution in [3.8, 4) is 11.5 Å². The second-order valence-corrected chi connectivity index (χ2v) is 6.28. The van der Waals surface area contributed by atoms with Crippen molar-refractivity contribution in [2.75, 3.05) is 25.1 Å². The van der Waals surface area contributed by atoms with Gasteiger partial charge in [0.15, 0.2) is 18.1 Å². The van der Waals surface area contributed by atoms with Crippen LogP contribution in [-0.4, -0.2) is 31.7 Å². The van der Waals surface area contributed by atoms with E-state index in [-0.39, 0.29) is 5.02 Å². The lowest BCUT2D eigenvalue weighted by atomic mass is 10.2. The number of carbonyl (C=O) groups excluding carboxylic acids is 2. The second-order valence-electron chi connectivity index (χ2n) is 5.49. The summed E-state index contributed by atoms with van der Waals surface area (Å²) >= 11 is 11.9. The quantitative estimate of drug-likeness (QED) is 0.599. The highest BCUT2D eigenvalue weighted by atomic mass is 35.5. The predicted molar refractivity (Wildman–Crippen MR) is 103 cm³/mol. The molecule has 27 heavy (non-hydrogen) atoms. The minimum absolute atomic E-state index is 0.220. The first-order chi connectivity index (χ1) is 13.0. The van der Waals surface area contributed by atoms with Crippen LogP contribution in [0.15, 0.2) is 42.5 Å². The maximum absolute atomic E-state index is 11.9. The Morgan fingerprint density at radius 3 is 2.70 bits per heavy atom. The molecule has 0 fully saturated rings. The summed E-state index contributed by atoms with van der Waals surface area (Å²) in [5.41, 5.74) is 1.09. The molecule has 2 aromatic rings. The number of hydrogen-bond acceptors (Lipinski definition) is 5. The third-order valence-electron chi connectivity index (χ3n) is 3.55. The van der Waals surface area contributed by atoms with Crippen molar-refractivity contribution in [1.82, 2.24) is 0 Å². The van der Waals surface area contributed by atoms with E-state index in [1.807, 2.05) is 0 Å². The smallest absolute Gasteiger partial charge is 0.331 e. The first kappa shape index (κ1) is 19.1. The number of anilines is 1. The molecule has 1 aliphatic heterocycles. The SMILES string of the molecule is O=C(COC(=O)C=Cc1ccc2c(c1)OCCO2)Nc1cccc(Cl)c1Cl. The van der Waals surface area contributed by atoms with Gasteiger partial charge in [-0.2, -0.15) is 0 Å². The summed E-state index contributed by atoms with van der Waals surface area (Å²) in [6.07, 6.45) is 2.79. The van der Waals surface area contributed by atoms with E-state index in [1.165, 1.54) is 6.08 Å². The van der Waals surface area contributed by atoms with Crippen LogP contribution in [0.2, 0.25) is 10.0 Å². The van der Waals surface area contributed by atoms with E-state index in [0.717, 1.165) is 5.56 Å². The minimum atomic E-state index is -0.655. The maximum Gasteiger partial charge on any atom is 0.331 e. The third kappa shape index (κ3) is 5.15. The molecule has 0 aliphatic carbocycles. The zero-order valence-corrected chi connectivity index (χ0v) is 15.5. The number of esters is 1. The average molecular weight is 408 g/mol. The largest absolute Gasteiger partial charge is 0.486 e. The average Bonchev–Trinajstić information content (AvgIpc) is 2.68. The molecule has 6 nitrogen and oxygen atoms in total. The number of carbonyl (C=O) groups is 2. The molecule has 8 heteroatoms. The van der Waals surface area contributed by atoms with Crippen LogP contribution in [0.3, 0.4) is 0 Å². The molecule has 0 radical (unpaired) electrons. The molecule has 0 bridgehead atoms. The normalized spacial score (nSPS) is 12.7. The number of rotatable bonds is 5. The van der Waals surface area contributed by atoms with Gasteiger partial charge in [-0.15, -0.1) is 0 Å². The van der Waals surface area contributed by atoms with Crippen LogP contribution in [0, 0.1) is 0 Å². The van der Waals surface area contributed by atoms with Crippen molar-refractivity contribution in [2.24, 2.45) is 0 Å². The summed E-state index contributed by atoms with van der Waals surface area (Å²) < 4.78 is 15.8. The van der Waals surface area contributed by atoms with Crippen LogP contribution >= 0.6 is 23.2 Å². The van der Waals surface area contributed by atoms with Gasteiger partial charge in [-0.3, -0.25) is 4.79 Å². The topological polar surface area (TPSA) is 73.9 Å². The Bertz CT molecular complexity index is 898.